The molecule has 94 valence electrons. The zero-order valence-electron chi connectivity index (χ0n) is 10.6. The highest BCUT2D eigenvalue weighted by molar-refractivity contribution is 9.10. The minimum Gasteiger partial charge on any atom is -0.304 e. The van der Waals surface area contributed by atoms with Gasteiger partial charge in [-0.2, -0.15) is 0 Å². The number of nitrogens with zero attached hydrogens (tertiary/aromatic N) is 1. The average Bonchev–Trinajstić information content (AvgIpc) is 2.40. The third-order valence-electron chi connectivity index (χ3n) is 3.05. The fourth-order valence-corrected chi connectivity index (χ4v) is 2.22. The first-order valence-corrected chi connectivity index (χ1v) is 6.87. The van der Waals surface area contributed by atoms with Crippen molar-refractivity contribution in [1.29, 1.82) is 0 Å². The summed E-state index contributed by atoms with van der Waals surface area (Å²) in [6, 6.07) is 13.1. The molecule has 2 rings (SSSR count). The van der Waals surface area contributed by atoms with E-state index < -0.39 is 0 Å². The van der Waals surface area contributed by atoms with Crippen LogP contribution in [-0.2, 0) is 0 Å². The Labute approximate surface area is 117 Å². The van der Waals surface area contributed by atoms with Crippen molar-refractivity contribution in [2.75, 3.05) is 0 Å². The predicted molar refractivity (Wildman–Crippen MR) is 78.3 cm³/mol. The number of pyridine rings is 1. The first-order valence-electron chi connectivity index (χ1n) is 6.08. The molecule has 1 heterocycles. The van der Waals surface area contributed by atoms with Gasteiger partial charge >= 0.3 is 0 Å². The van der Waals surface area contributed by atoms with Gasteiger partial charge < -0.3 is 5.32 Å². The van der Waals surface area contributed by atoms with Crippen LogP contribution in [0.2, 0.25) is 0 Å². The second-order valence-corrected chi connectivity index (χ2v) is 5.36. The molecule has 0 aliphatic heterocycles. The fourth-order valence-electron chi connectivity index (χ4n) is 1.95. The SMILES string of the molecule is C[C@@H](N[C@H](C)c1cccnc1)c1ccc(Br)cc1. The van der Waals surface area contributed by atoms with E-state index in [2.05, 4.69) is 70.4 Å². The van der Waals surface area contributed by atoms with Gasteiger partial charge in [0.25, 0.3) is 0 Å². The maximum absolute atomic E-state index is 4.15. The maximum atomic E-state index is 4.15. The summed E-state index contributed by atoms with van der Waals surface area (Å²) >= 11 is 3.45. The Morgan fingerprint density at radius 3 is 2.28 bits per heavy atom. The van der Waals surface area contributed by atoms with Crippen LogP contribution >= 0.6 is 15.9 Å². The Hall–Kier alpha value is -1.19. The molecule has 0 aliphatic carbocycles. The van der Waals surface area contributed by atoms with Crippen LogP contribution < -0.4 is 5.32 Å². The number of benzene rings is 1. The summed E-state index contributed by atoms with van der Waals surface area (Å²) in [6.07, 6.45) is 3.71. The van der Waals surface area contributed by atoms with E-state index >= 15 is 0 Å². The fraction of sp³-hybridized carbons (Fsp3) is 0.267. The third kappa shape index (κ3) is 3.40. The molecule has 0 bridgehead atoms. The van der Waals surface area contributed by atoms with Crippen LogP contribution in [0.5, 0.6) is 0 Å². The maximum Gasteiger partial charge on any atom is 0.0315 e. The van der Waals surface area contributed by atoms with Gasteiger partial charge in [-0.15, -0.1) is 0 Å². The number of hydrogen-bond donors (Lipinski definition) is 1. The summed E-state index contributed by atoms with van der Waals surface area (Å²) in [5, 5.41) is 3.58. The summed E-state index contributed by atoms with van der Waals surface area (Å²) in [7, 11) is 0. The summed E-state index contributed by atoms with van der Waals surface area (Å²) in [5.74, 6) is 0. The average molecular weight is 305 g/mol. The number of hydrogen-bond acceptors (Lipinski definition) is 2. The number of halogens is 1. The van der Waals surface area contributed by atoms with Crippen molar-refractivity contribution in [2.45, 2.75) is 25.9 Å². The highest BCUT2D eigenvalue weighted by atomic mass is 79.9. The lowest BCUT2D eigenvalue weighted by atomic mass is 10.1. The quantitative estimate of drug-likeness (QED) is 0.913. The smallest absolute Gasteiger partial charge is 0.0315 e. The van der Waals surface area contributed by atoms with E-state index in [1.165, 1.54) is 11.1 Å². The largest absolute Gasteiger partial charge is 0.304 e. The molecule has 0 spiro atoms. The monoisotopic (exact) mass is 304 g/mol. The van der Waals surface area contributed by atoms with E-state index in [1.807, 2.05) is 12.3 Å². The molecule has 2 nitrogen and oxygen atoms in total. The molecule has 1 N–H and O–H groups in total. The zero-order valence-corrected chi connectivity index (χ0v) is 12.2. The molecule has 1 aromatic carbocycles. The summed E-state index contributed by atoms with van der Waals surface area (Å²) < 4.78 is 1.11. The molecule has 0 aliphatic rings. The molecule has 0 unspecified atom stereocenters. The van der Waals surface area contributed by atoms with Crippen LogP contribution in [0.3, 0.4) is 0 Å². The van der Waals surface area contributed by atoms with E-state index in [0.29, 0.717) is 6.04 Å². The van der Waals surface area contributed by atoms with Crippen LogP contribution in [0.1, 0.15) is 37.1 Å². The first kappa shape index (κ1) is 13.2. The van der Waals surface area contributed by atoms with Gasteiger partial charge in [-0.1, -0.05) is 34.1 Å². The Morgan fingerprint density at radius 2 is 1.67 bits per heavy atom. The lowest BCUT2D eigenvalue weighted by Gasteiger charge is -2.20. The normalized spacial score (nSPS) is 14.2. The van der Waals surface area contributed by atoms with Gasteiger partial charge in [0.2, 0.25) is 0 Å². The highest BCUT2D eigenvalue weighted by Crippen LogP contribution is 2.20. The predicted octanol–water partition coefficient (Wildman–Crippen LogP) is 4.26. The van der Waals surface area contributed by atoms with Crippen LogP contribution in [0, 0.1) is 0 Å². The summed E-state index contributed by atoms with van der Waals surface area (Å²) in [5.41, 5.74) is 2.50. The number of nitrogens with one attached hydrogen (secondary N) is 1. The van der Waals surface area contributed by atoms with E-state index in [0.717, 1.165) is 4.47 Å². The number of aromatic nitrogens is 1. The van der Waals surface area contributed by atoms with Gasteiger partial charge in [0.15, 0.2) is 0 Å². The topological polar surface area (TPSA) is 24.9 Å². The standard InChI is InChI=1S/C15H17BrN2/c1-11(13-5-7-15(16)8-6-13)18-12(2)14-4-3-9-17-10-14/h3-12,18H,1-2H3/t11-,12-/m1/s1. The van der Waals surface area contributed by atoms with Crippen molar-refractivity contribution in [3.63, 3.8) is 0 Å². The Bertz CT molecular complexity index is 482. The van der Waals surface area contributed by atoms with Crippen molar-refractivity contribution in [3.05, 3.63) is 64.4 Å². The van der Waals surface area contributed by atoms with E-state index in [4.69, 9.17) is 0 Å². The minimum atomic E-state index is 0.289. The first-order chi connectivity index (χ1) is 8.66. The minimum absolute atomic E-state index is 0.289. The van der Waals surface area contributed by atoms with Crippen molar-refractivity contribution in [1.82, 2.24) is 10.3 Å². The van der Waals surface area contributed by atoms with Gasteiger partial charge in [-0.25, -0.2) is 0 Å². The Balaban J connectivity index is 2.03. The van der Waals surface area contributed by atoms with Crippen LogP contribution in [-0.4, -0.2) is 4.98 Å². The molecule has 0 amide bonds. The molecular weight excluding hydrogens is 288 g/mol. The van der Waals surface area contributed by atoms with Crippen LogP contribution in [0.25, 0.3) is 0 Å². The highest BCUT2D eigenvalue weighted by Gasteiger charge is 2.10. The molecule has 2 aromatic rings. The molecule has 18 heavy (non-hydrogen) atoms. The van der Waals surface area contributed by atoms with E-state index in [-0.39, 0.29) is 6.04 Å². The third-order valence-corrected chi connectivity index (χ3v) is 3.58. The van der Waals surface area contributed by atoms with Gasteiger partial charge in [-0.3, -0.25) is 4.98 Å². The molecule has 0 saturated carbocycles. The molecule has 1 aromatic heterocycles. The Morgan fingerprint density at radius 1 is 1.00 bits per heavy atom. The molecular formula is C15H17BrN2. The van der Waals surface area contributed by atoms with Crippen molar-refractivity contribution >= 4 is 15.9 Å². The molecule has 0 radical (unpaired) electrons. The van der Waals surface area contributed by atoms with Gasteiger partial charge in [0.05, 0.1) is 0 Å². The molecule has 3 heteroatoms. The van der Waals surface area contributed by atoms with Gasteiger partial charge in [0.1, 0.15) is 0 Å². The molecule has 0 fully saturated rings. The Kier molecular flexibility index (Phi) is 4.50. The van der Waals surface area contributed by atoms with E-state index in [1.54, 1.807) is 6.20 Å². The summed E-state index contributed by atoms with van der Waals surface area (Å²) in [6.45, 7) is 4.34. The van der Waals surface area contributed by atoms with Crippen LogP contribution in [0.15, 0.2) is 53.3 Å². The van der Waals surface area contributed by atoms with Crippen molar-refractivity contribution in [2.24, 2.45) is 0 Å². The van der Waals surface area contributed by atoms with Crippen molar-refractivity contribution in [3.8, 4) is 0 Å². The van der Waals surface area contributed by atoms with Gasteiger partial charge in [0, 0.05) is 29.0 Å². The lowest BCUT2D eigenvalue weighted by molar-refractivity contribution is 0.493. The second-order valence-electron chi connectivity index (χ2n) is 4.45. The lowest BCUT2D eigenvalue weighted by Crippen LogP contribution is -2.22. The summed E-state index contributed by atoms with van der Waals surface area (Å²) in [4.78, 5) is 4.15. The second kappa shape index (κ2) is 6.12. The molecule has 0 saturated heterocycles. The zero-order chi connectivity index (χ0) is 13.0. The van der Waals surface area contributed by atoms with Crippen LogP contribution in [0.4, 0.5) is 0 Å². The van der Waals surface area contributed by atoms with Gasteiger partial charge in [-0.05, 0) is 43.2 Å². The van der Waals surface area contributed by atoms with E-state index in [9.17, 15) is 0 Å². The van der Waals surface area contributed by atoms with Crippen molar-refractivity contribution < 1.29 is 0 Å². The molecule has 2 atom stereocenters. The number of rotatable bonds is 4.